The average Bonchev–Trinajstić information content (AvgIpc) is 2.47. The van der Waals surface area contributed by atoms with E-state index in [1.54, 1.807) is 0 Å². The maximum atomic E-state index is 5.46. The molecule has 0 fully saturated rings. The Balaban J connectivity index is 2.89. The van der Waals surface area contributed by atoms with Gasteiger partial charge in [0.15, 0.2) is 0 Å². The summed E-state index contributed by atoms with van der Waals surface area (Å²) < 4.78 is 0. The van der Waals surface area contributed by atoms with Gasteiger partial charge >= 0.3 is 0 Å². The topological polar surface area (TPSA) is 76.1 Å². The number of nitrogens with one attached hydrogen (secondary N) is 2. The fraction of sp³-hybridized carbons (Fsp3) is 1.00. The van der Waals surface area contributed by atoms with Gasteiger partial charge in [-0.3, -0.25) is 0 Å². The Morgan fingerprint density at radius 3 is 1.05 bits per heavy atom. The molecule has 0 spiro atoms. The number of hydrogen-bond acceptors (Lipinski definition) is 4. The summed E-state index contributed by atoms with van der Waals surface area (Å²) in [6.45, 7) is 6.34. The van der Waals surface area contributed by atoms with Crippen LogP contribution < -0.4 is 22.1 Å². The SMILES string of the molecule is NCCCCCCNCCCCNCCCCCCN. The van der Waals surface area contributed by atoms with Crippen LogP contribution in [0, 0.1) is 0 Å². The Morgan fingerprint density at radius 2 is 0.700 bits per heavy atom. The molecule has 4 nitrogen and oxygen atoms in total. The lowest BCUT2D eigenvalue weighted by Crippen LogP contribution is -2.20. The van der Waals surface area contributed by atoms with E-state index < -0.39 is 0 Å². The molecule has 0 aromatic carbocycles. The minimum atomic E-state index is 0.841. The Labute approximate surface area is 126 Å². The van der Waals surface area contributed by atoms with E-state index >= 15 is 0 Å². The summed E-state index contributed by atoms with van der Waals surface area (Å²) in [6, 6.07) is 0. The van der Waals surface area contributed by atoms with E-state index in [9.17, 15) is 0 Å². The molecule has 4 heteroatoms. The van der Waals surface area contributed by atoms with Gasteiger partial charge in [-0.1, -0.05) is 25.7 Å². The monoisotopic (exact) mass is 286 g/mol. The van der Waals surface area contributed by atoms with Gasteiger partial charge in [0, 0.05) is 0 Å². The van der Waals surface area contributed by atoms with Crippen molar-refractivity contribution in [1.82, 2.24) is 10.6 Å². The molecule has 0 atom stereocenters. The van der Waals surface area contributed by atoms with Crippen molar-refractivity contribution in [3.8, 4) is 0 Å². The highest BCUT2D eigenvalue weighted by molar-refractivity contribution is 4.54. The Hall–Kier alpha value is -0.160. The first-order chi connectivity index (χ1) is 9.91. The first-order valence-corrected chi connectivity index (χ1v) is 8.73. The quantitative estimate of drug-likeness (QED) is 0.308. The summed E-state index contributed by atoms with van der Waals surface area (Å²) in [5.41, 5.74) is 10.9. The fourth-order valence-electron chi connectivity index (χ4n) is 2.25. The number of unbranched alkanes of at least 4 members (excludes halogenated alkanes) is 7. The van der Waals surface area contributed by atoms with E-state index in [4.69, 9.17) is 11.5 Å². The number of nitrogens with two attached hydrogens (primary N) is 2. The lowest BCUT2D eigenvalue weighted by Gasteiger charge is -2.06. The standard InChI is InChI=1S/C16H38N4/c17-11-5-1-3-7-13-19-15-9-10-16-20-14-8-4-2-6-12-18/h19-20H,1-18H2. The molecule has 0 amide bonds. The molecule has 0 aliphatic carbocycles. The second kappa shape index (κ2) is 18.8. The molecule has 6 N–H and O–H groups in total. The molecular weight excluding hydrogens is 248 g/mol. The summed E-state index contributed by atoms with van der Waals surface area (Å²) in [4.78, 5) is 0. The summed E-state index contributed by atoms with van der Waals surface area (Å²) in [6.07, 6.45) is 12.7. The van der Waals surface area contributed by atoms with Crippen molar-refractivity contribution in [3.63, 3.8) is 0 Å². The summed E-state index contributed by atoms with van der Waals surface area (Å²) in [5, 5.41) is 7.03. The Morgan fingerprint density at radius 1 is 0.400 bits per heavy atom. The Bertz CT molecular complexity index is 147. The molecule has 0 unspecified atom stereocenters. The zero-order valence-corrected chi connectivity index (χ0v) is 13.5. The maximum Gasteiger partial charge on any atom is -0.00484 e. The van der Waals surface area contributed by atoms with Crippen LogP contribution in [0.4, 0.5) is 0 Å². The van der Waals surface area contributed by atoms with E-state index in [1.807, 2.05) is 0 Å². The maximum absolute atomic E-state index is 5.46. The van der Waals surface area contributed by atoms with Gasteiger partial charge in [0.1, 0.15) is 0 Å². The normalized spacial score (nSPS) is 11.1. The van der Waals surface area contributed by atoms with E-state index in [1.165, 1.54) is 77.3 Å². The molecule has 0 radical (unpaired) electrons. The largest absolute Gasteiger partial charge is 0.330 e. The summed E-state index contributed by atoms with van der Waals surface area (Å²) in [5.74, 6) is 0. The zero-order valence-electron chi connectivity index (χ0n) is 13.5. The first kappa shape index (κ1) is 19.8. The van der Waals surface area contributed by atoms with Crippen LogP contribution in [0.15, 0.2) is 0 Å². The minimum absolute atomic E-state index is 0.841. The van der Waals surface area contributed by atoms with Crippen molar-refractivity contribution in [2.24, 2.45) is 11.5 Å². The van der Waals surface area contributed by atoms with Crippen LogP contribution in [0.3, 0.4) is 0 Å². The highest BCUT2D eigenvalue weighted by atomic mass is 14.9. The molecule has 0 saturated heterocycles. The van der Waals surface area contributed by atoms with Crippen molar-refractivity contribution < 1.29 is 0 Å². The predicted molar refractivity (Wildman–Crippen MR) is 90.0 cm³/mol. The molecule has 0 saturated carbocycles. The third-order valence-corrected chi connectivity index (χ3v) is 3.57. The molecule has 0 aliphatic heterocycles. The third-order valence-electron chi connectivity index (χ3n) is 3.57. The van der Waals surface area contributed by atoms with Gasteiger partial charge in [-0.15, -0.1) is 0 Å². The van der Waals surface area contributed by atoms with Crippen LogP contribution >= 0.6 is 0 Å². The van der Waals surface area contributed by atoms with Crippen molar-refractivity contribution >= 4 is 0 Å². The molecule has 0 aliphatic rings. The van der Waals surface area contributed by atoms with E-state index in [0.29, 0.717) is 0 Å². The second-order valence-electron chi connectivity index (χ2n) is 5.61. The first-order valence-electron chi connectivity index (χ1n) is 8.73. The molecule has 0 bridgehead atoms. The van der Waals surface area contributed by atoms with E-state index in [2.05, 4.69) is 10.6 Å². The highest BCUT2D eigenvalue weighted by Crippen LogP contribution is 1.98. The smallest absolute Gasteiger partial charge is 0.00484 e. The Kier molecular flexibility index (Phi) is 18.7. The van der Waals surface area contributed by atoms with Gasteiger partial charge in [0.2, 0.25) is 0 Å². The fourth-order valence-corrected chi connectivity index (χ4v) is 2.25. The molecular formula is C16H38N4. The van der Waals surface area contributed by atoms with Crippen LogP contribution in [0.1, 0.15) is 64.2 Å². The summed E-state index contributed by atoms with van der Waals surface area (Å²) in [7, 11) is 0. The third kappa shape index (κ3) is 17.8. The highest BCUT2D eigenvalue weighted by Gasteiger charge is 1.92. The lowest BCUT2D eigenvalue weighted by molar-refractivity contribution is 0.543. The second-order valence-corrected chi connectivity index (χ2v) is 5.61. The van der Waals surface area contributed by atoms with Gasteiger partial charge < -0.3 is 22.1 Å². The molecule has 0 heterocycles. The van der Waals surface area contributed by atoms with Gasteiger partial charge in [0.25, 0.3) is 0 Å². The van der Waals surface area contributed by atoms with Crippen molar-refractivity contribution in [2.45, 2.75) is 64.2 Å². The van der Waals surface area contributed by atoms with Crippen LogP contribution in [0.5, 0.6) is 0 Å². The molecule has 0 aromatic rings. The molecule has 122 valence electrons. The zero-order chi connectivity index (χ0) is 14.7. The predicted octanol–water partition coefficient (Wildman–Crippen LogP) is 1.98. The molecule has 0 rings (SSSR count). The van der Waals surface area contributed by atoms with E-state index in [-0.39, 0.29) is 0 Å². The number of rotatable bonds is 17. The lowest BCUT2D eigenvalue weighted by atomic mass is 10.2. The van der Waals surface area contributed by atoms with Crippen LogP contribution in [0.2, 0.25) is 0 Å². The van der Waals surface area contributed by atoms with Crippen molar-refractivity contribution in [1.29, 1.82) is 0 Å². The van der Waals surface area contributed by atoms with Crippen LogP contribution in [-0.4, -0.2) is 39.3 Å². The van der Waals surface area contributed by atoms with E-state index in [0.717, 1.165) is 26.2 Å². The van der Waals surface area contributed by atoms with Crippen LogP contribution in [-0.2, 0) is 0 Å². The van der Waals surface area contributed by atoms with Crippen molar-refractivity contribution in [2.75, 3.05) is 39.3 Å². The number of hydrogen-bond donors (Lipinski definition) is 4. The minimum Gasteiger partial charge on any atom is -0.330 e. The van der Waals surface area contributed by atoms with Gasteiger partial charge in [-0.25, -0.2) is 0 Å². The van der Waals surface area contributed by atoms with Gasteiger partial charge in [-0.2, -0.15) is 0 Å². The van der Waals surface area contributed by atoms with Gasteiger partial charge in [0.05, 0.1) is 0 Å². The molecule has 0 aromatic heterocycles. The van der Waals surface area contributed by atoms with Crippen LogP contribution in [0.25, 0.3) is 0 Å². The average molecular weight is 287 g/mol. The van der Waals surface area contributed by atoms with Gasteiger partial charge in [-0.05, 0) is 77.8 Å². The van der Waals surface area contributed by atoms with Crippen molar-refractivity contribution in [3.05, 3.63) is 0 Å². The summed E-state index contributed by atoms with van der Waals surface area (Å²) >= 11 is 0. The molecule has 20 heavy (non-hydrogen) atoms.